The molecule has 9 heteroatoms. The van der Waals surface area contributed by atoms with Crippen LogP contribution in [0.15, 0.2) is 21.5 Å². The molecule has 0 aliphatic heterocycles. The second-order valence-electron chi connectivity index (χ2n) is 5.89. The topological polar surface area (TPSA) is 89.3 Å². The fraction of sp³-hybridized carbons (Fsp3) is 0.500. The zero-order valence-electron chi connectivity index (χ0n) is 12.7. The lowest BCUT2D eigenvalue weighted by molar-refractivity contribution is 0.0893. The van der Waals surface area contributed by atoms with Gasteiger partial charge in [-0.25, -0.2) is 12.8 Å². The summed E-state index contributed by atoms with van der Waals surface area (Å²) in [6.07, 6.45) is 2.82. The highest BCUT2D eigenvalue weighted by Crippen LogP contribution is 2.39. The van der Waals surface area contributed by atoms with Crippen LogP contribution in [0.4, 0.5) is 4.39 Å². The van der Waals surface area contributed by atoms with Gasteiger partial charge in [0.2, 0.25) is 0 Å². The SMILES string of the molecule is CC(CN)(NC(=O)c1cc(Br)cc(S(C)(=O)=O)c1F)C1CC1.Cl. The van der Waals surface area contributed by atoms with Gasteiger partial charge in [0.15, 0.2) is 15.7 Å². The standard InChI is InChI=1S/C14H18BrFN2O3S.ClH/c1-14(7-17,8-3-4-8)18-13(19)10-5-9(15)6-11(12(10)16)22(2,20)21;/h5-6,8H,3-4,7,17H2,1-2H3,(H,18,19);1H. The molecule has 1 amide bonds. The summed E-state index contributed by atoms with van der Waals surface area (Å²) in [7, 11) is -3.77. The van der Waals surface area contributed by atoms with E-state index in [-0.39, 0.29) is 30.4 Å². The van der Waals surface area contributed by atoms with Crippen LogP contribution in [0, 0.1) is 11.7 Å². The second-order valence-corrected chi connectivity index (χ2v) is 8.79. The van der Waals surface area contributed by atoms with Crippen LogP contribution in [-0.2, 0) is 9.84 Å². The van der Waals surface area contributed by atoms with Crippen LogP contribution < -0.4 is 11.1 Å². The summed E-state index contributed by atoms with van der Waals surface area (Å²) in [5, 5.41) is 2.75. The van der Waals surface area contributed by atoms with Gasteiger partial charge in [0.1, 0.15) is 4.90 Å². The zero-order chi connectivity index (χ0) is 16.7. The Labute approximate surface area is 149 Å². The van der Waals surface area contributed by atoms with E-state index in [1.54, 1.807) is 0 Å². The number of halogens is 3. The van der Waals surface area contributed by atoms with Crippen molar-refractivity contribution in [3.05, 3.63) is 28.0 Å². The molecule has 0 aromatic heterocycles. The first kappa shape index (κ1) is 20.3. The quantitative estimate of drug-likeness (QED) is 0.751. The second kappa shape index (κ2) is 7.04. The van der Waals surface area contributed by atoms with Crippen molar-refractivity contribution < 1.29 is 17.6 Å². The number of nitrogens with one attached hydrogen (secondary N) is 1. The van der Waals surface area contributed by atoms with Gasteiger partial charge in [-0.3, -0.25) is 4.79 Å². The van der Waals surface area contributed by atoms with E-state index >= 15 is 0 Å². The van der Waals surface area contributed by atoms with E-state index in [0.29, 0.717) is 4.47 Å². The van der Waals surface area contributed by atoms with Gasteiger partial charge in [-0.05, 0) is 37.8 Å². The Kier molecular flexibility index (Phi) is 6.23. The Morgan fingerprint density at radius 1 is 1.48 bits per heavy atom. The van der Waals surface area contributed by atoms with E-state index in [2.05, 4.69) is 21.2 Å². The molecule has 130 valence electrons. The zero-order valence-corrected chi connectivity index (χ0v) is 15.9. The first-order valence-corrected chi connectivity index (χ1v) is 9.48. The third-order valence-corrected chi connectivity index (χ3v) is 5.50. The molecular weight excluding hydrogens is 411 g/mol. The van der Waals surface area contributed by atoms with Gasteiger partial charge in [-0.2, -0.15) is 0 Å². The maximum atomic E-state index is 14.4. The summed E-state index contributed by atoms with van der Waals surface area (Å²) < 4.78 is 38.0. The van der Waals surface area contributed by atoms with Gasteiger partial charge in [-0.1, -0.05) is 15.9 Å². The minimum atomic E-state index is -3.77. The Balaban J connectivity index is 0.00000264. The lowest BCUT2D eigenvalue weighted by Gasteiger charge is -2.29. The van der Waals surface area contributed by atoms with Crippen molar-refractivity contribution in [1.29, 1.82) is 0 Å². The van der Waals surface area contributed by atoms with Gasteiger partial charge < -0.3 is 11.1 Å². The van der Waals surface area contributed by atoms with Crippen LogP contribution in [0.5, 0.6) is 0 Å². The predicted molar refractivity (Wildman–Crippen MR) is 92.1 cm³/mol. The van der Waals surface area contributed by atoms with Crippen molar-refractivity contribution in [3.63, 3.8) is 0 Å². The molecule has 0 bridgehead atoms. The molecule has 0 spiro atoms. The lowest BCUT2D eigenvalue weighted by Crippen LogP contribution is -2.53. The molecule has 23 heavy (non-hydrogen) atoms. The molecule has 1 aliphatic carbocycles. The highest BCUT2D eigenvalue weighted by molar-refractivity contribution is 9.10. The predicted octanol–water partition coefficient (Wildman–Crippen LogP) is 2.27. The highest BCUT2D eigenvalue weighted by Gasteiger charge is 2.42. The first-order valence-electron chi connectivity index (χ1n) is 6.80. The third kappa shape index (κ3) is 4.43. The molecule has 1 aliphatic rings. The first-order chi connectivity index (χ1) is 10.1. The molecule has 1 fully saturated rings. The minimum Gasteiger partial charge on any atom is -0.345 e. The Morgan fingerprint density at radius 2 is 2.04 bits per heavy atom. The molecule has 0 radical (unpaired) electrons. The summed E-state index contributed by atoms with van der Waals surface area (Å²) in [4.78, 5) is 11.9. The van der Waals surface area contributed by atoms with Crippen LogP contribution in [0.2, 0.25) is 0 Å². The number of hydrogen-bond acceptors (Lipinski definition) is 4. The van der Waals surface area contributed by atoms with Crippen molar-refractivity contribution in [1.82, 2.24) is 5.32 Å². The smallest absolute Gasteiger partial charge is 0.254 e. The number of sulfone groups is 1. The van der Waals surface area contributed by atoms with Crippen LogP contribution in [-0.4, -0.2) is 32.7 Å². The number of benzene rings is 1. The minimum absolute atomic E-state index is 0. The number of hydrogen-bond donors (Lipinski definition) is 2. The maximum Gasteiger partial charge on any atom is 0.254 e. The average Bonchev–Trinajstić information content (AvgIpc) is 3.24. The summed E-state index contributed by atoms with van der Waals surface area (Å²) in [5.41, 5.74) is 4.80. The molecule has 0 heterocycles. The van der Waals surface area contributed by atoms with E-state index < -0.39 is 32.0 Å². The molecule has 2 rings (SSSR count). The molecule has 5 nitrogen and oxygen atoms in total. The van der Waals surface area contributed by atoms with E-state index in [4.69, 9.17) is 5.73 Å². The summed E-state index contributed by atoms with van der Waals surface area (Å²) >= 11 is 3.11. The van der Waals surface area contributed by atoms with Crippen molar-refractivity contribution in [2.45, 2.75) is 30.2 Å². The molecule has 3 N–H and O–H groups in total. The monoisotopic (exact) mass is 428 g/mol. The molecule has 1 saturated carbocycles. The number of nitrogens with two attached hydrogens (primary N) is 1. The van der Waals surface area contributed by atoms with Crippen LogP contribution in [0.3, 0.4) is 0 Å². The Hall–Kier alpha value is -0.700. The van der Waals surface area contributed by atoms with E-state index in [0.717, 1.165) is 25.2 Å². The van der Waals surface area contributed by atoms with E-state index in [1.165, 1.54) is 6.07 Å². The van der Waals surface area contributed by atoms with Crippen molar-refractivity contribution in [2.75, 3.05) is 12.8 Å². The lowest BCUT2D eigenvalue weighted by atomic mass is 9.95. The number of carbonyl (C=O) groups excluding carboxylic acids is 1. The number of amides is 1. The average molecular weight is 430 g/mol. The fourth-order valence-electron chi connectivity index (χ4n) is 2.37. The van der Waals surface area contributed by atoms with Crippen molar-refractivity contribution in [2.24, 2.45) is 11.7 Å². The highest BCUT2D eigenvalue weighted by atomic mass is 79.9. The largest absolute Gasteiger partial charge is 0.345 e. The van der Waals surface area contributed by atoms with Gasteiger partial charge in [-0.15, -0.1) is 12.4 Å². The van der Waals surface area contributed by atoms with Gasteiger partial charge in [0.25, 0.3) is 5.91 Å². The molecule has 1 atom stereocenters. The Morgan fingerprint density at radius 3 is 2.48 bits per heavy atom. The molecule has 1 aromatic rings. The third-order valence-electron chi connectivity index (χ3n) is 3.95. The molecular formula is C14H19BrClFN2O3S. The molecule has 1 unspecified atom stereocenters. The number of rotatable bonds is 5. The van der Waals surface area contributed by atoms with Gasteiger partial charge in [0.05, 0.1) is 11.1 Å². The van der Waals surface area contributed by atoms with Gasteiger partial charge in [0, 0.05) is 17.3 Å². The molecule has 1 aromatic carbocycles. The van der Waals surface area contributed by atoms with Crippen LogP contribution in [0.25, 0.3) is 0 Å². The van der Waals surface area contributed by atoms with Gasteiger partial charge >= 0.3 is 0 Å². The van der Waals surface area contributed by atoms with E-state index in [1.807, 2.05) is 6.92 Å². The Bertz CT molecular complexity index is 725. The summed E-state index contributed by atoms with van der Waals surface area (Å²) in [6.45, 7) is 2.05. The van der Waals surface area contributed by atoms with Crippen molar-refractivity contribution >= 4 is 44.1 Å². The molecule has 0 saturated heterocycles. The fourth-order valence-corrected chi connectivity index (χ4v) is 3.75. The number of carbonyl (C=O) groups is 1. The normalized spacial score (nSPS) is 17.1. The van der Waals surface area contributed by atoms with Crippen molar-refractivity contribution in [3.8, 4) is 0 Å². The van der Waals surface area contributed by atoms with Crippen LogP contribution in [0.1, 0.15) is 30.1 Å². The van der Waals surface area contributed by atoms with E-state index in [9.17, 15) is 17.6 Å². The summed E-state index contributed by atoms with van der Waals surface area (Å²) in [5.74, 6) is -1.44. The maximum absolute atomic E-state index is 14.4. The van der Waals surface area contributed by atoms with Crippen LogP contribution >= 0.6 is 28.3 Å². The summed E-state index contributed by atoms with van der Waals surface area (Å²) in [6, 6.07) is 2.41.